The lowest BCUT2D eigenvalue weighted by Crippen LogP contribution is -2.08. The molecule has 0 radical (unpaired) electrons. The van der Waals surface area contributed by atoms with E-state index in [1.165, 1.54) is 36.4 Å². The normalized spacial score (nSPS) is 10.5. The number of carbonyl (C=O) groups excluding carboxylic acids is 2. The van der Waals surface area contributed by atoms with Gasteiger partial charge in [-0.15, -0.1) is 0 Å². The Morgan fingerprint density at radius 1 is 0.683 bits per heavy atom. The Morgan fingerprint density at radius 2 is 1.17 bits per heavy atom. The molecule has 8 nitrogen and oxygen atoms in total. The fourth-order valence-electron chi connectivity index (χ4n) is 3.17. The van der Waals surface area contributed by atoms with Crippen LogP contribution in [0.25, 0.3) is 0 Å². The highest BCUT2D eigenvalue weighted by Crippen LogP contribution is 2.33. The fourth-order valence-corrected chi connectivity index (χ4v) is 3.17. The number of ether oxygens (including phenoxy) is 6. The zero-order chi connectivity index (χ0) is 29.8. The first-order valence-corrected chi connectivity index (χ1v) is 11.8. The lowest BCUT2D eigenvalue weighted by Gasteiger charge is -2.14. The summed E-state index contributed by atoms with van der Waals surface area (Å²) in [6.07, 6.45) is -1.05. The molecule has 41 heavy (non-hydrogen) atoms. The summed E-state index contributed by atoms with van der Waals surface area (Å²) in [6.45, 7) is 5.04. The van der Waals surface area contributed by atoms with Gasteiger partial charge in [-0.2, -0.15) is 0 Å². The van der Waals surface area contributed by atoms with Crippen molar-refractivity contribution >= 4 is 11.9 Å². The molecular formula is C29H24F4O8. The van der Waals surface area contributed by atoms with Gasteiger partial charge in [0.05, 0.1) is 5.56 Å². The highest BCUT2D eigenvalue weighted by molar-refractivity contribution is 5.81. The van der Waals surface area contributed by atoms with E-state index in [0.717, 1.165) is 30.4 Å². The molecule has 0 aliphatic rings. The van der Waals surface area contributed by atoms with E-state index in [4.69, 9.17) is 18.9 Å². The van der Waals surface area contributed by atoms with Crippen molar-refractivity contribution in [2.75, 3.05) is 13.6 Å². The molecule has 0 bridgehead atoms. The summed E-state index contributed by atoms with van der Waals surface area (Å²) in [5, 5.41) is 0. The van der Waals surface area contributed by atoms with Crippen molar-refractivity contribution in [3.63, 3.8) is 0 Å². The zero-order valence-electron chi connectivity index (χ0n) is 21.4. The maximum atomic E-state index is 14.3. The molecule has 0 atom stereocenters. The quantitative estimate of drug-likeness (QED) is 0.0916. The molecule has 0 aromatic heterocycles. The molecule has 0 spiro atoms. The van der Waals surface area contributed by atoms with Gasteiger partial charge in [0.1, 0.15) is 24.7 Å². The Labute approximate surface area is 232 Å². The molecule has 0 unspecified atom stereocenters. The zero-order valence-corrected chi connectivity index (χ0v) is 21.4. The van der Waals surface area contributed by atoms with Gasteiger partial charge in [-0.25, -0.2) is 27.2 Å². The molecule has 216 valence electrons. The molecule has 3 aromatic carbocycles. The number of hydrogen-bond donors (Lipinski definition) is 0. The molecular weight excluding hydrogens is 552 g/mol. The summed E-state index contributed by atoms with van der Waals surface area (Å²) in [7, 11) is 0. The van der Waals surface area contributed by atoms with Gasteiger partial charge in [-0.3, -0.25) is 0 Å². The third-order valence-corrected chi connectivity index (χ3v) is 5.17. The Kier molecular flexibility index (Phi) is 11.1. The van der Waals surface area contributed by atoms with Gasteiger partial charge in [0.2, 0.25) is 13.6 Å². The predicted octanol–water partition coefficient (Wildman–Crippen LogP) is 6.19. The standard InChI is InChI=1S/C29H24F4O8/c1-3-27(34)40-16-38-25-8-5-18(11-22(25)30)14-36-20-7-10-24(21(13-20)29(32)33)37-15-19-6-9-26(23(31)12-19)39-17-41-28(35)4-2/h3-13,29H,1-2,14-17H2. The van der Waals surface area contributed by atoms with E-state index in [9.17, 15) is 27.2 Å². The first-order chi connectivity index (χ1) is 19.7. The monoisotopic (exact) mass is 576 g/mol. The van der Waals surface area contributed by atoms with E-state index in [-0.39, 0.29) is 36.2 Å². The minimum Gasteiger partial charge on any atom is -0.489 e. The fraction of sp³-hybridized carbons (Fsp3) is 0.172. The van der Waals surface area contributed by atoms with E-state index in [0.29, 0.717) is 11.1 Å². The first-order valence-electron chi connectivity index (χ1n) is 11.8. The van der Waals surface area contributed by atoms with Crippen LogP contribution < -0.4 is 18.9 Å². The maximum Gasteiger partial charge on any atom is 0.333 e. The number of benzene rings is 3. The second-order valence-corrected chi connectivity index (χ2v) is 7.97. The number of carbonyl (C=O) groups is 2. The molecule has 0 N–H and O–H groups in total. The third-order valence-electron chi connectivity index (χ3n) is 5.17. The SMILES string of the molecule is C=CC(=O)OCOc1ccc(COc2ccc(OCc3ccc(OCOC(=O)C=C)c(F)c3)c(C(F)F)c2)cc1F. The summed E-state index contributed by atoms with van der Waals surface area (Å²) >= 11 is 0. The van der Waals surface area contributed by atoms with Crippen molar-refractivity contribution in [3.8, 4) is 23.0 Å². The number of hydrogen-bond acceptors (Lipinski definition) is 8. The van der Waals surface area contributed by atoms with Gasteiger partial charge in [0, 0.05) is 12.2 Å². The molecule has 0 heterocycles. The largest absolute Gasteiger partial charge is 0.489 e. The van der Waals surface area contributed by atoms with Crippen LogP contribution in [0, 0.1) is 11.6 Å². The topological polar surface area (TPSA) is 89.5 Å². The van der Waals surface area contributed by atoms with Gasteiger partial charge in [0.15, 0.2) is 23.1 Å². The molecule has 0 amide bonds. The summed E-state index contributed by atoms with van der Waals surface area (Å²) < 4.78 is 86.3. The predicted molar refractivity (Wildman–Crippen MR) is 136 cm³/mol. The van der Waals surface area contributed by atoms with Crippen molar-refractivity contribution in [3.05, 3.63) is 108 Å². The minimum atomic E-state index is -2.91. The second kappa shape index (κ2) is 15.0. The lowest BCUT2D eigenvalue weighted by atomic mass is 10.2. The second-order valence-electron chi connectivity index (χ2n) is 7.97. The summed E-state index contributed by atoms with van der Waals surface area (Å²) in [5.41, 5.74) is 0.243. The Hall–Kier alpha value is -5.00. The van der Waals surface area contributed by atoms with Gasteiger partial charge in [0.25, 0.3) is 6.43 Å². The molecule has 0 saturated carbocycles. The Balaban J connectivity index is 1.57. The van der Waals surface area contributed by atoms with Crippen molar-refractivity contribution in [1.29, 1.82) is 0 Å². The molecule has 3 rings (SSSR count). The van der Waals surface area contributed by atoms with Crippen LogP contribution in [0.15, 0.2) is 79.9 Å². The van der Waals surface area contributed by atoms with Crippen LogP contribution in [0.5, 0.6) is 23.0 Å². The van der Waals surface area contributed by atoms with Crippen LogP contribution in [-0.4, -0.2) is 25.5 Å². The Bertz CT molecular complexity index is 1390. The summed E-state index contributed by atoms with van der Waals surface area (Å²) in [5.74, 6) is -3.39. The van der Waals surface area contributed by atoms with Crippen LogP contribution >= 0.6 is 0 Å². The number of alkyl halides is 2. The van der Waals surface area contributed by atoms with Crippen molar-refractivity contribution in [2.24, 2.45) is 0 Å². The van der Waals surface area contributed by atoms with E-state index >= 15 is 0 Å². The van der Waals surface area contributed by atoms with Crippen LogP contribution in [-0.2, 0) is 32.3 Å². The van der Waals surface area contributed by atoms with E-state index < -0.39 is 49.1 Å². The third kappa shape index (κ3) is 9.31. The van der Waals surface area contributed by atoms with E-state index in [1.54, 1.807) is 0 Å². The Morgan fingerprint density at radius 3 is 1.63 bits per heavy atom. The van der Waals surface area contributed by atoms with Gasteiger partial charge in [-0.05, 0) is 53.6 Å². The lowest BCUT2D eigenvalue weighted by molar-refractivity contribution is -0.145. The molecule has 0 saturated heterocycles. The van der Waals surface area contributed by atoms with Crippen molar-refractivity contribution in [1.82, 2.24) is 0 Å². The van der Waals surface area contributed by atoms with Gasteiger partial charge < -0.3 is 28.4 Å². The minimum absolute atomic E-state index is 0.0782. The van der Waals surface area contributed by atoms with Crippen molar-refractivity contribution < 1.29 is 55.6 Å². The average molecular weight is 576 g/mol. The molecule has 3 aromatic rings. The highest BCUT2D eigenvalue weighted by Gasteiger charge is 2.17. The average Bonchev–Trinajstić information content (AvgIpc) is 2.96. The number of esters is 2. The number of halogens is 4. The van der Waals surface area contributed by atoms with Crippen LogP contribution in [0.2, 0.25) is 0 Å². The van der Waals surface area contributed by atoms with E-state index in [2.05, 4.69) is 22.6 Å². The smallest absolute Gasteiger partial charge is 0.333 e. The maximum absolute atomic E-state index is 14.3. The van der Waals surface area contributed by atoms with Crippen LogP contribution in [0.1, 0.15) is 23.1 Å². The summed E-state index contributed by atoms with van der Waals surface area (Å²) in [6, 6.07) is 11.5. The van der Waals surface area contributed by atoms with Crippen LogP contribution in [0.4, 0.5) is 17.6 Å². The molecule has 12 heteroatoms. The van der Waals surface area contributed by atoms with Crippen LogP contribution in [0.3, 0.4) is 0 Å². The number of rotatable bonds is 15. The van der Waals surface area contributed by atoms with Crippen molar-refractivity contribution in [2.45, 2.75) is 19.6 Å². The first kappa shape index (κ1) is 30.5. The molecule has 0 aliphatic heterocycles. The van der Waals surface area contributed by atoms with Gasteiger partial charge in [-0.1, -0.05) is 25.3 Å². The summed E-state index contributed by atoms with van der Waals surface area (Å²) in [4.78, 5) is 22.0. The molecule has 0 aliphatic carbocycles. The highest BCUT2D eigenvalue weighted by atomic mass is 19.3. The molecule has 0 fully saturated rings. The van der Waals surface area contributed by atoms with E-state index in [1.807, 2.05) is 0 Å². The van der Waals surface area contributed by atoms with Gasteiger partial charge >= 0.3 is 11.9 Å².